The average molecular weight is 232 g/mol. The normalized spacial score (nSPS) is 21.2. The average Bonchev–Trinajstić information content (AvgIpc) is 2.47. The first-order chi connectivity index (χ1) is 6.83. The van der Waals surface area contributed by atoms with Gasteiger partial charge in [0, 0.05) is 13.1 Å². The quantitative estimate of drug-likeness (QED) is 0.589. The number of aromatic nitrogens is 2. The largest absolute Gasteiger partial charge is 0.387 e. The molecule has 0 atom stereocenters. The zero-order valence-electron chi connectivity index (χ0n) is 8.14. The van der Waals surface area contributed by atoms with Crippen LogP contribution in [0.2, 0.25) is 0 Å². The standard InChI is InChI=1S/C7H12N4O3S/c1-7(12)3-11(4-7)15(13,14)5-2-9-10-6(5)8/h2,12H,3-4H2,1H3,(H3,8,9,10). The summed E-state index contributed by atoms with van der Waals surface area (Å²) in [7, 11) is -3.61. The van der Waals surface area contributed by atoms with Crippen LogP contribution in [0.3, 0.4) is 0 Å². The topological polar surface area (TPSA) is 112 Å². The Labute approximate surface area is 86.9 Å². The molecule has 1 aliphatic rings. The first-order valence-corrected chi connectivity index (χ1v) is 5.78. The smallest absolute Gasteiger partial charge is 0.248 e. The van der Waals surface area contributed by atoms with Crippen molar-refractivity contribution >= 4 is 15.8 Å². The van der Waals surface area contributed by atoms with Crippen molar-refractivity contribution in [1.29, 1.82) is 0 Å². The molecule has 0 bridgehead atoms. The summed E-state index contributed by atoms with van der Waals surface area (Å²) in [5.74, 6) is 0.0153. The molecule has 15 heavy (non-hydrogen) atoms. The molecule has 2 heterocycles. The summed E-state index contributed by atoms with van der Waals surface area (Å²) in [5, 5.41) is 15.4. The number of rotatable bonds is 2. The summed E-state index contributed by atoms with van der Waals surface area (Å²) in [6.45, 7) is 1.75. The number of β-amino-alcohol motifs (C(OH)–C–C–N with tert-alkyl or cyclic N) is 1. The van der Waals surface area contributed by atoms with Crippen LogP contribution in [-0.2, 0) is 10.0 Å². The third kappa shape index (κ3) is 1.60. The fourth-order valence-corrected chi connectivity index (χ4v) is 3.20. The van der Waals surface area contributed by atoms with Crippen molar-refractivity contribution in [1.82, 2.24) is 14.5 Å². The van der Waals surface area contributed by atoms with Crippen LogP contribution in [0.4, 0.5) is 5.82 Å². The van der Waals surface area contributed by atoms with Gasteiger partial charge >= 0.3 is 0 Å². The van der Waals surface area contributed by atoms with Crippen LogP contribution in [-0.4, -0.2) is 46.7 Å². The summed E-state index contributed by atoms with van der Waals surface area (Å²) in [6.07, 6.45) is 1.16. The molecule has 1 aromatic rings. The van der Waals surface area contributed by atoms with E-state index in [0.717, 1.165) is 10.5 Å². The molecule has 1 aliphatic heterocycles. The van der Waals surface area contributed by atoms with E-state index in [0.29, 0.717) is 0 Å². The molecule has 1 fully saturated rings. The second-order valence-electron chi connectivity index (χ2n) is 3.92. The van der Waals surface area contributed by atoms with E-state index in [4.69, 9.17) is 5.73 Å². The fraction of sp³-hybridized carbons (Fsp3) is 0.571. The molecule has 0 aliphatic carbocycles. The summed E-state index contributed by atoms with van der Waals surface area (Å²) >= 11 is 0. The first kappa shape index (κ1) is 10.4. The Hall–Kier alpha value is -1.12. The van der Waals surface area contributed by atoms with Gasteiger partial charge in [-0.1, -0.05) is 0 Å². The molecule has 2 rings (SSSR count). The van der Waals surface area contributed by atoms with Crippen LogP contribution in [0.5, 0.6) is 0 Å². The number of nitrogen functional groups attached to an aromatic ring is 1. The van der Waals surface area contributed by atoms with Gasteiger partial charge in [-0.05, 0) is 6.92 Å². The SMILES string of the molecule is CC1(O)CN(S(=O)(=O)c2cn[nH]c2N)C1. The van der Waals surface area contributed by atoms with Gasteiger partial charge in [-0.25, -0.2) is 8.42 Å². The lowest BCUT2D eigenvalue weighted by Crippen LogP contribution is -2.61. The number of nitrogens with two attached hydrogens (primary N) is 1. The van der Waals surface area contributed by atoms with Gasteiger partial charge < -0.3 is 10.8 Å². The van der Waals surface area contributed by atoms with E-state index >= 15 is 0 Å². The van der Waals surface area contributed by atoms with Gasteiger partial charge in [0.2, 0.25) is 10.0 Å². The molecule has 0 saturated carbocycles. The van der Waals surface area contributed by atoms with Crippen molar-refractivity contribution in [2.45, 2.75) is 17.4 Å². The van der Waals surface area contributed by atoms with Crippen molar-refractivity contribution < 1.29 is 13.5 Å². The van der Waals surface area contributed by atoms with Crippen LogP contribution in [0, 0.1) is 0 Å². The minimum absolute atomic E-state index is 0.0153. The highest BCUT2D eigenvalue weighted by Crippen LogP contribution is 2.29. The predicted molar refractivity (Wildman–Crippen MR) is 52.4 cm³/mol. The fourth-order valence-electron chi connectivity index (χ4n) is 1.51. The van der Waals surface area contributed by atoms with Gasteiger partial charge in [-0.2, -0.15) is 9.40 Å². The van der Waals surface area contributed by atoms with Gasteiger partial charge in [0.05, 0.1) is 11.8 Å². The van der Waals surface area contributed by atoms with E-state index < -0.39 is 15.6 Å². The number of aromatic amines is 1. The van der Waals surface area contributed by atoms with E-state index in [-0.39, 0.29) is 23.8 Å². The zero-order valence-corrected chi connectivity index (χ0v) is 8.95. The summed E-state index contributed by atoms with van der Waals surface area (Å²) in [5.41, 5.74) is 4.49. The maximum atomic E-state index is 11.9. The summed E-state index contributed by atoms with van der Waals surface area (Å²) in [4.78, 5) is -0.0435. The highest BCUT2D eigenvalue weighted by atomic mass is 32.2. The minimum atomic E-state index is -3.61. The van der Waals surface area contributed by atoms with Crippen LogP contribution in [0.15, 0.2) is 11.1 Å². The van der Waals surface area contributed by atoms with Crippen molar-refractivity contribution in [2.24, 2.45) is 0 Å². The van der Waals surface area contributed by atoms with Crippen LogP contribution in [0.1, 0.15) is 6.92 Å². The molecule has 84 valence electrons. The number of nitrogens with zero attached hydrogens (tertiary/aromatic N) is 2. The van der Waals surface area contributed by atoms with Crippen LogP contribution >= 0.6 is 0 Å². The Bertz CT molecular complexity index is 470. The van der Waals surface area contributed by atoms with E-state index in [1.54, 1.807) is 6.92 Å². The predicted octanol–water partition coefficient (Wildman–Crippen LogP) is -1.25. The van der Waals surface area contributed by atoms with E-state index in [1.165, 1.54) is 0 Å². The molecule has 7 nitrogen and oxygen atoms in total. The van der Waals surface area contributed by atoms with Crippen LogP contribution < -0.4 is 5.73 Å². The molecule has 4 N–H and O–H groups in total. The monoisotopic (exact) mass is 232 g/mol. The molecule has 0 amide bonds. The number of hydrogen-bond acceptors (Lipinski definition) is 5. The van der Waals surface area contributed by atoms with E-state index in [2.05, 4.69) is 10.2 Å². The third-order valence-corrected chi connectivity index (χ3v) is 4.10. The number of nitrogens with one attached hydrogen (secondary N) is 1. The molecule has 8 heteroatoms. The Balaban J connectivity index is 2.27. The molecule has 0 radical (unpaired) electrons. The highest BCUT2D eigenvalue weighted by Gasteiger charge is 2.44. The molecular weight excluding hydrogens is 220 g/mol. The number of aliphatic hydroxyl groups is 1. The number of H-pyrrole nitrogens is 1. The van der Waals surface area contributed by atoms with Crippen LogP contribution in [0.25, 0.3) is 0 Å². The summed E-state index contributed by atoms with van der Waals surface area (Å²) < 4.78 is 24.9. The molecular formula is C7H12N4O3S. The van der Waals surface area contributed by atoms with E-state index in [1.807, 2.05) is 0 Å². The zero-order chi connectivity index (χ0) is 11.3. The van der Waals surface area contributed by atoms with Crippen molar-refractivity contribution in [3.63, 3.8) is 0 Å². The molecule has 1 saturated heterocycles. The molecule has 0 unspecified atom stereocenters. The lowest BCUT2D eigenvalue weighted by molar-refractivity contribution is -0.0426. The Morgan fingerprint density at radius 1 is 1.67 bits per heavy atom. The Morgan fingerprint density at radius 3 is 2.67 bits per heavy atom. The number of anilines is 1. The first-order valence-electron chi connectivity index (χ1n) is 4.34. The molecule has 0 aromatic carbocycles. The lowest BCUT2D eigenvalue weighted by Gasteiger charge is -2.42. The molecule has 1 aromatic heterocycles. The lowest BCUT2D eigenvalue weighted by atomic mass is 10.0. The highest BCUT2D eigenvalue weighted by molar-refractivity contribution is 7.89. The van der Waals surface area contributed by atoms with Gasteiger partial charge in [0.25, 0.3) is 0 Å². The van der Waals surface area contributed by atoms with Crippen molar-refractivity contribution in [2.75, 3.05) is 18.8 Å². The van der Waals surface area contributed by atoms with Gasteiger partial charge in [0.1, 0.15) is 10.7 Å². The minimum Gasteiger partial charge on any atom is -0.387 e. The number of sulfonamides is 1. The maximum Gasteiger partial charge on any atom is 0.248 e. The number of hydrogen-bond donors (Lipinski definition) is 3. The maximum absolute atomic E-state index is 11.9. The Morgan fingerprint density at radius 2 is 2.27 bits per heavy atom. The van der Waals surface area contributed by atoms with Gasteiger partial charge in [0.15, 0.2) is 0 Å². The second kappa shape index (κ2) is 2.94. The summed E-state index contributed by atoms with van der Waals surface area (Å²) in [6, 6.07) is 0. The van der Waals surface area contributed by atoms with E-state index in [9.17, 15) is 13.5 Å². The van der Waals surface area contributed by atoms with Gasteiger partial charge in [-0.3, -0.25) is 5.10 Å². The van der Waals surface area contributed by atoms with Gasteiger partial charge in [-0.15, -0.1) is 0 Å². The second-order valence-corrected chi connectivity index (χ2v) is 5.82. The third-order valence-electron chi connectivity index (χ3n) is 2.28. The Kier molecular flexibility index (Phi) is 2.04. The molecule has 0 spiro atoms. The van der Waals surface area contributed by atoms with Crippen molar-refractivity contribution in [3.05, 3.63) is 6.20 Å². The van der Waals surface area contributed by atoms with Crippen molar-refractivity contribution in [3.8, 4) is 0 Å².